The molecule has 0 atom stereocenters. The van der Waals surface area contributed by atoms with E-state index in [1.165, 1.54) is 16.5 Å². The lowest BCUT2D eigenvalue weighted by Crippen LogP contribution is -2.23. The molecule has 1 heterocycles. The number of anilines is 1. The van der Waals surface area contributed by atoms with Crippen LogP contribution in [-0.2, 0) is 4.79 Å². The summed E-state index contributed by atoms with van der Waals surface area (Å²) in [6, 6.07) is 12.4. The summed E-state index contributed by atoms with van der Waals surface area (Å²) in [6.07, 6.45) is 3.38. The number of amides is 1. The molecule has 108 valence electrons. The fourth-order valence-corrected chi connectivity index (χ4v) is 2.89. The van der Waals surface area contributed by atoms with Crippen LogP contribution in [0.3, 0.4) is 0 Å². The van der Waals surface area contributed by atoms with Gasteiger partial charge >= 0.3 is 0 Å². The Hall–Kier alpha value is -2.13. The zero-order valence-electron chi connectivity index (χ0n) is 12.5. The summed E-state index contributed by atoms with van der Waals surface area (Å²) in [6.45, 7) is 3.63. The minimum absolute atomic E-state index is 0.0357. The van der Waals surface area contributed by atoms with E-state index in [4.69, 9.17) is 0 Å². The smallest absolute Gasteiger partial charge is 0.221 e. The third kappa shape index (κ3) is 2.83. The van der Waals surface area contributed by atoms with E-state index in [-0.39, 0.29) is 5.91 Å². The zero-order chi connectivity index (χ0) is 14.8. The molecule has 0 fully saturated rings. The van der Waals surface area contributed by atoms with Crippen molar-refractivity contribution in [1.29, 1.82) is 0 Å². The summed E-state index contributed by atoms with van der Waals surface area (Å²) >= 11 is 0. The first kappa shape index (κ1) is 13.8. The molecule has 1 amide bonds. The number of benzene rings is 2. The minimum atomic E-state index is -0.0357. The minimum Gasteiger partial charge on any atom is -0.326 e. The molecule has 1 N–H and O–H groups in total. The van der Waals surface area contributed by atoms with Crippen molar-refractivity contribution in [2.45, 2.75) is 13.3 Å². The average Bonchev–Trinajstić information content (AvgIpc) is 2.48. The van der Waals surface area contributed by atoms with Gasteiger partial charge in [0.1, 0.15) is 0 Å². The Morgan fingerprint density at radius 3 is 2.57 bits per heavy atom. The molecule has 21 heavy (non-hydrogen) atoms. The van der Waals surface area contributed by atoms with Crippen molar-refractivity contribution in [1.82, 2.24) is 4.90 Å². The summed E-state index contributed by atoms with van der Waals surface area (Å²) in [4.78, 5) is 13.7. The molecule has 1 aliphatic heterocycles. The van der Waals surface area contributed by atoms with E-state index in [1.807, 2.05) is 12.1 Å². The largest absolute Gasteiger partial charge is 0.326 e. The maximum absolute atomic E-state index is 11.4. The van der Waals surface area contributed by atoms with Gasteiger partial charge in [0, 0.05) is 31.1 Å². The van der Waals surface area contributed by atoms with Crippen molar-refractivity contribution in [3.8, 4) is 0 Å². The van der Waals surface area contributed by atoms with Crippen LogP contribution in [0.1, 0.15) is 18.9 Å². The van der Waals surface area contributed by atoms with Crippen LogP contribution in [0.25, 0.3) is 16.3 Å². The Bertz CT molecular complexity index is 718. The fourth-order valence-electron chi connectivity index (χ4n) is 2.89. The maximum atomic E-state index is 11.4. The van der Waals surface area contributed by atoms with Gasteiger partial charge < -0.3 is 10.2 Å². The van der Waals surface area contributed by atoms with Gasteiger partial charge in [0.15, 0.2) is 0 Å². The highest BCUT2D eigenvalue weighted by molar-refractivity contribution is 6.05. The third-order valence-electron chi connectivity index (χ3n) is 3.99. The van der Waals surface area contributed by atoms with E-state index in [0.717, 1.165) is 30.6 Å². The molecule has 2 aromatic carbocycles. The number of rotatable bonds is 2. The third-order valence-corrected chi connectivity index (χ3v) is 3.99. The van der Waals surface area contributed by atoms with Crippen LogP contribution < -0.4 is 5.32 Å². The van der Waals surface area contributed by atoms with Crippen molar-refractivity contribution in [3.63, 3.8) is 0 Å². The van der Waals surface area contributed by atoms with Crippen molar-refractivity contribution in [2.75, 3.05) is 25.5 Å². The summed E-state index contributed by atoms with van der Waals surface area (Å²) in [5.41, 5.74) is 3.57. The van der Waals surface area contributed by atoms with Gasteiger partial charge in [0.2, 0.25) is 5.91 Å². The van der Waals surface area contributed by atoms with Crippen LogP contribution in [0.2, 0.25) is 0 Å². The summed E-state index contributed by atoms with van der Waals surface area (Å²) in [5, 5.41) is 5.23. The number of hydrogen-bond acceptors (Lipinski definition) is 2. The maximum Gasteiger partial charge on any atom is 0.221 e. The Morgan fingerprint density at radius 1 is 1.14 bits per heavy atom. The average molecular weight is 280 g/mol. The Kier molecular flexibility index (Phi) is 3.76. The lowest BCUT2D eigenvalue weighted by Gasteiger charge is -2.23. The predicted octanol–water partition coefficient (Wildman–Crippen LogP) is 3.52. The second-order valence-electron chi connectivity index (χ2n) is 5.63. The quantitative estimate of drug-likeness (QED) is 0.913. The predicted molar refractivity (Wildman–Crippen MR) is 88.3 cm³/mol. The highest BCUT2D eigenvalue weighted by Crippen LogP contribution is 2.33. The molecular weight excluding hydrogens is 260 g/mol. The molecule has 1 aliphatic rings. The van der Waals surface area contributed by atoms with Gasteiger partial charge in [-0.2, -0.15) is 0 Å². The first-order chi connectivity index (χ1) is 10.1. The Balaban J connectivity index is 2.11. The van der Waals surface area contributed by atoms with Crippen molar-refractivity contribution >= 4 is 27.9 Å². The molecular formula is C18H20N2O. The SMILES string of the molecule is CC(=O)Nc1ccc(C2=CCN(C)CC2)c2ccccc12. The van der Waals surface area contributed by atoms with E-state index < -0.39 is 0 Å². The van der Waals surface area contributed by atoms with E-state index in [9.17, 15) is 4.79 Å². The number of carbonyl (C=O) groups is 1. The monoisotopic (exact) mass is 280 g/mol. The van der Waals surface area contributed by atoms with Crippen LogP contribution in [0.5, 0.6) is 0 Å². The van der Waals surface area contributed by atoms with Crippen LogP contribution in [0.15, 0.2) is 42.5 Å². The Labute approximate surface area is 125 Å². The summed E-state index contributed by atoms with van der Waals surface area (Å²) < 4.78 is 0. The first-order valence-corrected chi connectivity index (χ1v) is 7.32. The van der Waals surface area contributed by atoms with Crippen LogP contribution in [-0.4, -0.2) is 30.9 Å². The van der Waals surface area contributed by atoms with Gasteiger partial charge in [0.25, 0.3) is 0 Å². The molecule has 3 nitrogen and oxygen atoms in total. The molecule has 0 unspecified atom stereocenters. The molecule has 0 spiro atoms. The van der Waals surface area contributed by atoms with E-state index in [2.05, 4.69) is 47.6 Å². The standard InChI is InChI=1S/C18H20N2O/c1-13(21)19-18-8-7-15(14-9-11-20(2)12-10-14)16-5-3-4-6-17(16)18/h3-9H,10-12H2,1-2H3,(H,19,21). The van der Waals surface area contributed by atoms with Gasteiger partial charge in [-0.25, -0.2) is 0 Å². The molecule has 0 radical (unpaired) electrons. The van der Waals surface area contributed by atoms with Crippen molar-refractivity contribution < 1.29 is 4.79 Å². The van der Waals surface area contributed by atoms with Crippen molar-refractivity contribution in [2.24, 2.45) is 0 Å². The molecule has 0 aromatic heterocycles. The van der Waals surface area contributed by atoms with Gasteiger partial charge in [0.05, 0.1) is 0 Å². The van der Waals surface area contributed by atoms with Gasteiger partial charge in [-0.1, -0.05) is 36.4 Å². The molecule has 0 aliphatic carbocycles. The summed E-state index contributed by atoms with van der Waals surface area (Å²) in [7, 11) is 2.14. The fraction of sp³-hybridized carbons (Fsp3) is 0.278. The summed E-state index contributed by atoms with van der Waals surface area (Å²) in [5.74, 6) is -0.0357. The molecule has 3 rings (SSSR count). The number of likely N-dealkylation sites (N-methyl/N-ethyl adjacent to an activating group) is 1. The highest BCUT2D eigenvalue weighted by Gasteiger charge is 2.13. The van der Waals surface area contributed by atoms with E-state index in [1.54, 1.807) is 6.92 Å². The lowest BCUT2D eigenvalue weighted by molar-refractivity contribution is -0.114. The van der Waals surface area contributed by atoms with Crippen molar-refractivity contribution in [3.05, 3.63) is 48.0 Å². The lowest BCUT2D eigenvalue weighted by atomic mass is 9.93. The van der Waals surface area contributed by atoms with Crippen LogP contribution in [0.4, 0.5) is 5.69 Å². The Morgan fingerprint density at radius 2 is 1.90 bits per heavy atom. The zero-order valence-corrected chi connectivity index (χ0v) is 12.5. The highest BCUT2D eigenvalue weighted by atomic mass is 16.1. The first-order valence-electron chi connectivity index (χ1n) is 7.32. The molecule has 3 heteroatoms. The molecule has 0 bridgehead atoms. The number of nitrogens with zero attached hydrogens (tertiary/aromatic N) is 1. The molecule has 0 saturated heterocycles. The number of hydrogen-bond donors (Lipinski definition) is 1. The number of fused-ring (bicyclic) bond motifs is 1. The topological polar surface area (TPSA) is 32.3 Å². The molecule has 0 saturated carbocycles. The van der Waals surface area contributed by atoms with Gasteiger partial charge in [-0.05, 0) is 36.1 Å². The van der Waals surface area contributed by atoms with E-state index in [0.29, 0.717) is 0 Å². The number of carbonyl (C=O) groups excluding carboxylic acids is 1. The second-order valence-corrected chi connectivity index (χ2v) is 5.63. The second kappa shape index (κ2) is 5.70. The van der Waals surface area contributed by atoms with Crippen LogP contribution in [0, 0.1) is 0 Å². The number of nitrogens with one attached hydrogen (secondary N) is 1. The van der Waals surface area contributed by atoms with E-state index >= 15 is 0 Å². The van der Waals surface area contributed by atoms with Gasteiger partial charge in [-0.3, -0.25) is 4.79 Å². The van der Waals surface area contributed by atoms with Crippen LogP contribution >= 0.6 is 0 Å². The molecule has 2 aromatic rings. The normalized spacial score (nSPS) is 15.8. The van der Waals surface area contributed by atoms with Gasteiger partial charge in [-0.15, -0.1) is 0 Å².